The predicted octanol–water partition coefficient (Wildman–Crippen LogP) is 4.09. The van der Waals surface area contributed by atoms with Gasteiger partial charge in [0.2, 0.25) is 5.91 Å². The predicted molar refractivity (Wildman–Crippen MR) is 94.6 cm³/mol. The molecule has 1 aliphatic rings. The minimum atomic E-state index is -0.729. The summed E-state index contributed by atoms with van der Waals surface area (Å²) in [6, 6.07) is 9.47. The van der Waals surface area contributed by atoms with E-state index in [1.165, 1.54) is 6.07 Å². The van der Waals surface area contributed by atoms with Crippen LogP contribution in [0.2, 0.25) is 10.0 Å². The first kappa shape index (κ1) is 17.5. The summed E-state index contributed by atoms with van der Waals surface area (Å²) in [4.78, 5) is 36.0. The van der Waals surface area contributed by atoms with Gasteiger partial charge in [-0.15, -0.1) is 0 Å². The van der Waals surface area contributed by atoms with E-state index in [1.54, 1.807) is 37.3 Å². The lowest BCUT2D eigenvalue weighted by molar-refractivity contribution is -0.116. The third kappa shape index (κ3) is 3.38. The van der Waals surface area contributed by atoms with E-state index < -0.39 is 12.6 Å². The van der Waals surface area contributed by atoms with Crippen LogP contribution in [0, 0.1) is 0 Å². The van der Waals surface area contributed by atoms with Crippen LogP contribution in [0.25, 0.3) is 0 Å². The highest BCUT2D eigenvalue weighted by Crippen LogP contribution is 2.32. The average Bonchev–Trinajstić information content (AvgIpc) is 2.89. The van der Waals surface area contributed by atoms with Crippen LogP contribution in [-0.2, 0) is 9.53 Å². The van der Waals surface area contributed by atoms with Crippen molar-refractivity contribution in [3.63, 3.8) is 0 Å². The Hall–Kier alpha value is -2.37. The van der Waals surface area contributed by atoms with Gasteiger partial charge in [-0.2, -0.15) is 0 Å². The summed E-state index contributed by atoms with van der Waals surface area (Å²) in [6.07, 6.45) is 0. The molecule has 0 spiro atoms. The minimum absolute atomic E-state index is 0.0811. The van der Waals surface area contributed by atoms with Crippen LogP contribution in [0.5, 0.6) is 0 Å². The van der Waals surface area contributed by atoms with Gasteiger partial charge in [0, 0.05) is 11.3 Å². The summed E-state index contributed by atoms with van der Waals surface area (Å²) < 4.78 is 5.03. The van der Waals surface area contributed by atoms with Gasteiger partial charge >= 0.3 is 5.97 Å². The lowest BCUT2D eigenvalue weighted by Crippen LogP contribution is -2.15. The molecule has 1 amide bonds. The Morgan fingerprint density at radius 2 is 1.96 bits per heavy atom. The number of hydrogen-bond acceptors (Lipinski definition) is 4. The van der Waals surface area contributed by atoms with E-state index in [2.05, 4.69) is 5.32 Å². The third-order valence-corrected chi connectivity index (χ3v) is 4.82. The van der Waals surface area contributed by atoms with Crippen LogP contribution in [0.15, 0.2) is 36.4 Å². The van der Waals surface area contributed by atoms with Crippen LogP contribution < -0.4 is 5.32 Å². The Kier molecular flexibility index (Phi) is 4.79. The second-order valence-electron chi connectivity index (χ2n) is 5.61. The van der Waals surface area contributed by atoms with E-state index in [0.717, 1.165) is 5.56 Å². The maximum atomic E-state index is 12.3. The first-order valence-electron chi connectivity index (χ1n) is 7.47. The Balaban J connectivity index is 1.70. The van der Waals surface area contributed by atoms with E-state index in [9.17, 15) is 14.4 Å². The average molecular weight is 378 g/mol. The topological polar surface area (TPSA) is 72.5 Å². The van der Waals surface area contributed by atoms with Crippen molar-refractivity contribution >= 4 is 46.5 Å². The number of anilines is 1. The Morgan fingerprint density at radius 3 is 2.72 bits per heavy atom. The number of esters is 1. The number of fused-ring (bicyclic) bond motifs is 1. The maximum absolute atomic E-state index is 12.3. The van der Waals surface area contributed by atoms with Gasteiger partial charge in [0.1, 0.15) is 0 Å². The molecular weight excluding hydrogens is 365 g/mol. The molecule has 1 heterocycles. The highest BCUT2D eigenvalue weighted by molar-refractivity contribution is 6.43. The molecule has 0 unspecified atom stereocenters. The minimum Gasteiger partial charge on any atom is -0.454 e. The fourth-order valence-corrected chi connectivity index (χ4v) is 2.92. The van der Waals surface area contributed by atoms with Gasteiger partial charge in [0.15, 0.2) is 12.4 Å². The quantitative estimate of drug-likeness (QED) is 0.643. The number of halogens is 2. The van der Waals surface area contributed by atoms with Crippen molar-refractivity contribution in [1.82, 2.24) is 0 Å². The highest BCUT2D eigenvalue weighted by Gasteiger charge is 2.27. The number of benzene rings is 2. The first-order valence-corrected chi connectivity index (χ1v) is 8.23. The molecule has 0 saturated heterocycles. The SMILES string of the molecule is C[C@H]1C(=O)Nc2ccc(C(=O)COC(=O)c3cccc(Cl)c3Cl)cc21. The Morgan fingerprint density at radius 1 is 1.20 bits per heavy atom. The molecule has 128 valence electrons. The first-order chi connectivity index (χ1) is 11.9. The number of ether oxygens (including phenoxy) is 1. The van der Waals surface area contributed by atoms with E-state index in [-0.39, 0.29) is 33.2 Å². The molecule has 1 N–H and O–H groups in total. The molecule has 5 nitrogen and oxygen atoms in total. The zero-order chi connectivity index (χ0) is 18.1. The number of rotatable bonds is 4. The standard InChI is InChI=1S/C18H13Cl2NO4/c1-9-12-7-10(5-6-14(12)21-17(9)23)15(22)8-25-18(24)11-3-2-4-13(19)16(11)20/h2-7,9H,8H2,1H3,(H,21,23)/t9-/m1/s1. The van der Waals surface area contributed by atoms with Crippen molar-refractivity contribution in [2.24, 2.45) is 0 Å². The number of amides is 1. The zero-order valence-electron chi connectivity index (χ0n) is 13.1. The van der Waals surface area contributed by atoms with Gasteiger partial charge in [-0.1, -0.05) is 29.3 Å². The van der Waals surface area contributed by atoms with E-state index in [1.807, 2.05) is 0 Å². The van der Waals surface area contributed by atoms with Crippen LogP contribution in [-0.4, -0.2) is 24.3 Å². The van der Waals surface area contributed by atoms with Crippen molar-refractivity contribution in [2.75, 3.05) is 11.9 Å². The maximum Gasteiger partial charge on any atom is 0.340 e. The second-order valence-corrected chi connectivity index (χ2v) is 6.40. The van der Waals surface area contributed by atoms with E-state index >= 15 is 0 Å². The molecule has 0 aliphatic carbocycles. The molecule has 0 radical (unpaired) electrons. The summed E-state index contributed by atoms with van der Waals surface area (Å²) in [5.41, 5.74) is 1.91. The lowest BCUT2D eigenvalue weighted by Gasteiger charge is -2.08. The second kappa shape index (κ2) is 6.86. The summed E-state index contributed by atoms with van der Waals surface area (Å²) in [5, 5.41) is 3.04. The highest BCUT2D eigenvalue weighted by atomic mass is 35.5. The van der Waals surface area contributed by atoms with Crippen molar-refractivity contribution in [3.8, 4) is 0 Å². The van der Waals surface area contributed by atoms with E-state index in [0.29, 0.717) is 11.3 Å². The van der Waals surface area contributed by atoms with Gasteiger partial charge in [-0.05, 0) is 42.8 Å². The van der Waals surface area contributed by atoms with Crippen LogP contribution >= 0.6 is 23.2 Å². The molecule has 2 aromatic carbocycles. The summed E-state index contributed by atoms with van der Waals surface area (Å²) >= 11 is 11.8. The Labute approximate surface area is 153 Å². The fourth-order valence-electron chi connectivity index (χ4n) is 2.54. The van der Waals surface area contributed by atoms with Gasteiger partial charge < -0.3 is 10.1 Å². The fraction of sp³-hybridized carbons (Fsp3) is 0.167. The van der Waals surface area contributed by atoms with Crippen molar-refractivity contribution in [3.05, 3.63) is 63.1 Å². The normalized spacial score (nSPS) is 15.5. The third-order valence-electron chi connectivity index (χ3n) is 4.00. The number of ketones is 1. The van der Waals surface area contributed by atoms with Crippen LogP contribution in [0.4, 0.5) is 5.69 Å². The molecule has 0 saturated carbocycles. The molecule has 1 atom stereocenters. The summed E-state index contributed by atoms with van der Waals surface area (Å²) in [7, 11) is 0. The zero-order valence-corrected chi connectivity index (χ0v) is 14.6. The van der Waals surface area contributed by atoms with Gasteiger partial charge in [-0.3, -0.25) is 9.59 Å². The smallest absolute Gasteiger partial charge is 0.340 e. The molecule has 0 bridgehead atoms. The molecule has 25 heavy (non-hydrogen) atoms. The van der Waals surface area contributed by atoms with Crippen LogP contribution in [0.3, 0.4) is 0 Å². The number of nitrogens with one attached hydrogen (secondary N) is 1. The lowest BCUT2D eigenvalue weighted by atomic mass is 9.99. The van der Waals surface area contributed by atoms with Crippen molar-refractivity contribution in [1.29, 1.82) is 0 Å². The summed E-state index contributed by atoms with van der Waals surface area (Å²) in [6.45, 7) is 1.33. The molecule has 0 aromatic heterocycles. The Bertz CT molecular complexity index is 895. The largest absolute Gasteiger partial charge is 0.454 e. The van der Waals surface area contributed by atoms with Crippen molar-refractivity contribution in [2.45, 2.75) is 12.8 Å². The summed E-state index contributed by atoms with van der Waals surface area (Å²) in [5.74, 6) is -1.54. The molecule has 3 rings (SSSR count). The van der Waals surface area contributed by atoms with Crippen molar-refractivity contribution < 1.29 is 19.1 Å². The van der Waals surface area contributed by atoms with E-state index in [4.69, 9.17) is 27.9 Å². The van der Waals surface area contributed by atoms with Crippen LogP contribution in [0.1, 0.15) is 39.1 Å². The molecule has 2 aromatic rings. The molecule has 1 aliphatic heterocycles. The molecule has 7 heteroatoms. The van der Waals surface area contributed by atoms with Gasteiger partial charge in [0.25, 0.3) is 0 Å². The monoisotopic (exact) mass is 377 g/mol. The number of hydrogen-bond donors (Lipinski definition) is 1. The number of carbonyl (C=O) groups excluding carboxylic acids is 3. The number of Topliss-reactive ketones (excluding diaryl/α,β-unsaturated/α-hetero) is 1. The van der Waals surface area contributed by atoms with Gasteiger partial charge in [0.05, 0.1) is 21.5 Å². The number of carbonyl (C=O) groups is 3. The molecular formula is C18H13Cl2NO4. The molecule has 0 fully saturated rings. The van der Waals surface area contributed by atoms with Gasteiger partial charge in [-0.25, -0.2) is 4.79 Å².